The van der Waals surface area contributed by atoms with Crippen LogP contribution in [0.25, 0.3) is 43.8 Å². The van der Waals surface area contributed by atoms with Gasteiger partial charge in [-0.3, -0.25) is 0 Å². The molecule has 51 heavy (non-hydrogen) atoms. The molecule has 0 heterocycles. The third-order valence-electron chi connectivity index (χ3n) is 10.1. The van der Waals surface area contributed by atoms with Gasteiger partial charge in [0.1, 0.15) is 0 Å². The third-order valence-corrected chi connectivity index (χ3v) is 10.1. The molecule has 1 aliphatic carbocycles. The van der Waals surface area contributed by atoms with Crippen molar-refractivity contribution in [2.75, 3.05) is 0 Å². The van der Waals surface area contributed by atoms with Gasteiger partial charge in [0.25, 0.3) is 0 Å². The summed E-state index contributed by atoms with van der Waals surface area (Å²) < 4.78 is 0. The monoisotopic (exact) mass is 810 g/mol. The van der Waals surface area contributed by atoms with Crippen LogP contribution >= 0.6 is 24.8 Å². The molecular weight excluding hydrogens is 755 g/mol. The predicted molar refractivity (Wildman–Crippen MR) is 231 cm³/mol. The first kappa shape index (κ1) is 46.8. The first-order valence-electron chi connectivity index (χ1n) is 17.7. The fourth-order valence-electron chi connectivity index (χ4n) is 7.45. The summed E-state index contributed by atoms with van der Waals surface area (Å²) in [5.41, 5.74) is 11.1. The van der Waals surface area contributed by atoms with E-state index in [1.165, 1.54) is 134 Å². The molecule has 0 aromatic heterocycles. The van der Waals surface area contributed by atoms with Crippen molar-refractivity contribution in [1.82, 2.24) is 0 Å². The third kappa shape index (κ3) is 11.6. The molecule has 2 radical (unpaired) electrons. The molecule has 6 aromatic carbocycles. The average molecular weight is 813 g/mol. The summed E-state index contributed by atoms with van der Waals surface area (Å²) in [6, 6.07) is 41.1. The van der Waals surface area contributed by atoms with Gasteiger partial charge < -0.3 is 14.9 Å². The Morgan fingerprint density at radius 3 is 1.73 bits per heavy atom. The van der Waals surface area contributed by atoms with E-state index < -0.39 is 0 Å². The predicted octanol–water partition coefficient (Wildman–Crippen LogP) is 15.2. The fourth-order valence-corrected chi connectivity index (χ4v) is 7.45. The van der Waals surface area contributed by atoms with Crippen LogP contribution in [0.2, 0.25) is 0 Å². The van der Waals surface area contributed by atoms with Crippen LogP contribution in [0, 0.1) is 21.8 Å². The van der Waals surface area contributed by atoms with Crippen molar-refractivity contribution >= 4 is 53.2 Å². The number of halogens is 2. The maximum atomic E-state index is 3.06. The molecule has 0 spiro atoms. The standard InChI is InChI=1S/C23H27.C22H23.2CH3.2ClH.Si.Zr/c1-5-7-17(4)21-14-20-8-6-9-22(23(20)15-21)19-12-10-18(11-13-19)16(2)3;1-16-14-20-8-5-9-21(22(20)15-16)19-12-10-18(11-13-19)17-6-3-2-4-7-17;;;;;;/h6,8-17H,5,7H2,1-4H3;5,8-15,17H,2-4,6-7H2,1H3;2*1H3;2*1H;;/q4*-1;;;;. The Morgan fingerprint density at radius 1 is 0.686 bits per heavy atom. The van der Waals surface area contributed by atoms with E-state index in [0.29, 0.717) is 11.8 Å². The topological polar surface area (TPSA) is 0 Å². The van der Waals surface area contributed by atoms with Gasteiger partial charge >= 0.3 is 30.2 Å². The van der Waals surface area contributed by atoms with E-state index in [-0.39, 0.29) is 39.7 Å². The molecule has 7 rings (SSSR count). The summed E-state index contributed by atoms with van der Waals surface area (Å²) in [7, 11) is 0. The number of hydrogen-bond donors (Lipinski definition) is 0. The van der Waals surface area contributed by atoms with Crippen LogP contribution < -0.4 is 0 Å². The van der Waals surface area contributed by atoms with Gasteiger partial charge in [-0.05, 0) is 59.3 Å². The second-order valence-corrected chi connectivity index (χ2v) is 13.9. The van der Waals surface area contributed by atoms with Crippen molar-refractivity contribution < 1.29 is 23.3 Å². The van der Waals surface area contributed by atoms with Crippen molar-refractivity contribution in [3.63, 3.8) is 0 Å². The molecule has 0 N–H and O–H groups in total. The molecule has 0 amide bonds. The van der Waals surface area contributed by atoms with Crippen molar-refractivity contribution in [3.8, 4) is 22.3 Å². The van der Waals surface area contributed by atoms with Crippen LogP contribution in [-0.2, 0) is 23.3 Å². The normalized spacial score (nSPS) is 12.9. The van der Waals surface area contributed by atoms with E-state index >= 15 is 0 Å². The molecule has 1 aliphatic rings. The van der Waals surface area contributed by atoms with Crippen LogP contribution in [0.3, 0.4) is 0 Å². The first-order chi connectivity index (χ1) is 22.9. The Kier molecular flexibility index (Phi) is 20.9. The zero-order chi connectivity index (χ0) is 33.3. The van der Waals surface area contributed by atoms with Crippen LogP contribution in [0.5, 0.6) is 0 Å². The van der Waals surface area contributed by atoms with E-state index in [1.807, 2.05) is 0 Å². The van der Waals surface area contributed by atoms with Crippen molar-refractivity contribution in [3.05, 3.63) is 146 Å². The summed E-state index contributed by atoms with van der Waals surface area (Å²) in [6.07, 6.45) is 9.47. The molecule has 1 unspecified atom stereocenters. The molecule has 0 bridgehead atoms. The summed E-state index contributed by atoms with van der Waals surface area (Å²) in [4.78, 5) is 0. The second kappa shape index (κ2) is 22.8. The number of hydrogen-bond acceptors (Lipinski definition) is 0. The van der Waals surface area contributed by atoms with Gasteiger partial charge in [-0.15, -0.1) is 93.9 Å². The Bertz CT molecular complexity index is 1860. The molecule has 0 nitrogen and oxygen atoms in total. The van der Waals surface area contributed by atoms with E-state index in [4.69, 9.17) is 0 Å². The van der Waals surface area contributed by atoms with E-state index in [1.54, 1.807) is 0 Å². The van der Waals surface area contributed by atoms with Gasteiger partial charge in [-0.25, -0.2) is 0 Å². The maximum absolute atomic E-state index is 3.06. The number of benzene rings is 4. The second-order valence-electron chi connectivity index (χ2n) is 13.9. The van der Waals surface area contributed by atoms with Crippen LogP contribution in [-0.4, -0.2) is 6.88 Å². The van der Waals surface area contributed by atoms with Gasteiger partial charge in [0.2, 0.25) is 0 Å². The Hall–Kier alpha value is -2.22. The summed E-state index contributed by atoms with van der Waals surface area (Å²) in [6.45, 7) is 14.3. The van der Waals surface area contributed by atoms with Crippen LogP contribution in [0.4, 0.5) is 0 Å². The average Bonchev–Trinajstić information content (AvgIpc) is 3.73. The molecule has 1 fully saturated rings. The Labute approximate surface area is 340 Å². The number of rotatable bonds is 7. The van der Waals surface area contributed by atoms with E-state index in [0.717, 1.165) is 5.92 Å². The molecule has 1 saturated carbocycles. The number of aryl methyl sites for hydroxylation is 1. The fraction of sp³-hybridized carbons (Fsp3) is 0.319. The van der Waals surface area contributed by atoms with Crippen molar-refractivity contribution in [1.29, 1.82) is 0 Å². The van der Waals surface area contributed by atoms with Crippen LogP contribution in [0.15, 0.2) is 109 Å². The van der Waals surface area contributed by atoms with Gasteiger partial charge in [-0.1, -0.05) is 132 Å². The summed E-state index contributed by atoms with van der Waals surface area (Å²) in [5, 5.41) is 5.49. The molecule has 1 atom stereocenters. The molecule has 0 aliphatic heterocycles. The summed E-state index contributed by atoms with van der Waals surface area (Å²) >= 11 is 1.36. The van der Waals surface area contributed by atoms with Gasteiger partial charge in [0.15, 0.2) is 0 Å². The SMILES string of the molecule is CCCC(C)c1cc2c(-c3ccc(C(C)C)cc3)cccc2[cH-]1.Cc1cc2c(-c3ccc(C4CCCCC4)cc3)cccc2[cH-]1.Cl.Cl.[CH3-].[CH3-].[Si]=[Zr]. The zero-order valence-corrected chi connectivity index (χ0v) is 37.0. The minimum absolute atomic E-state index is 0. The molecule has 0 saturated heterocycles. The van der Waals surface area contributed by atoms with Gasteiger partial charge in [0, 0.05) is 0 Å². The molecule has 272 valence electrons. The van der Waals surface area contributed by atoms with Crippen LogP contribution in [0.1, 0.15) is 113 Å². The van der Waals surface area contributed by atoms with E-state index in [2.05, 4.69) is 151 Å². The molecule has 4 heteroatoms. The quantitative estimate of drug-likeness (QED) is 0.111. The molecule has 6 aromatic rings. The van der Waals surface area contributed by atoms with Gasteiger partial charge in [-0.2, -0.15) is 12.1 Å². The Balaban J connectivity index is 0.000000453. The van der Waals surface area contributed by atoms with E-state index in [9.17, 15) is 0 Å². The summed E-state index contributed by atoms with van der Waals surface area (Å²) in [5.74, 6) is 2.02. The van der Waals surface area contributed by atoms with Gasteiger partial charge in [0.05, 0.1) is 0 Å². The number of fused-ring (bicyclic) bond motifs is 2. The van der Waals surface area contributed by atoms with Crippen molar-refractivity contribution in [2.45, 2.75) is 97.3 Å². The minimum atomic E-state index is 0. The zero-order valence-electron chi connectivity index (χ0n) is 31.9. The Morgan fingerprint density at radius 2 is 1.20 bits per heavy atom. The molecular formula is C47H58Cl2SiZr-4. The first-order valence-corrected chi connectivity index (χ1v) is 21.9. The van der Waals surface area contributed by atoms with Crippen molar-refractivity contribution in [2.24, 2.45) is 0 Å².